The van der Waals surface area contributed by atoms with Crippen LogP contribution in [0.1, 0.15) is 28.4 Å². The van der Waals surface area contributed by atoms with Gasteiger partial charge in [0, 0.05) is 29.9 Å². The monoisotopic (exact) mass is 341 g/mol. The fourth-order valence-electron chi connectivity index (χ4n) is 2.40. The number of anilines is 1. The molecule has 3 N–H and O–H groups in total. The van der Waals surface area contributed by atoms with Gasteiger partial charge in [0.15, 0.2) is 0 Å². The maximum absolute atomic E-state index is 12.1. The van der Waals surface area contributed by atoms with Gasteiger partial charge in [0.1, 0.15) is 5.75 Å². The summed E-state index contributed by atoms with van der Waals surface area (Å²) in [7, 11) is 1.60. The van der Waals surface area contributed by atoms with Crippen molar-refractivity contribution in [3.05, 3.63) is 59.2 Å². The molecule has 25 heavy (non-hydrogen) atoms. The van der Waals surface area contributed by atoms with E-state index in [1.54, 1.807) is 25.3 Å². The van der Waals surface area contributed by atoms with E-state index in [-0.39, 0.29) is 11.9 Å². The molecule has 0 saturated heterocycles. The normalized spacial score (nSPS) is 10.0. The first-order valence-corrected chi connectivity index (χ1v) is 8.10. The van der Waals surface area contributed by atoms with Gasteiger partial charge in [-0.3, -0.25) is 4.79 Å². The molecule has 0 aliphatic carbocycles. The minimum absolute atomic E-state index is 0.127. The average molecular weight is 341 g/mol. The van der Waals surface area contributed by atoms with Gasteiger partial charge < -0.3 is 20.7 Å². The number of urea groups is 1. The molecule has 2 aromatic rings. The van der Waals surface area contributed by atoms with Crippen molar-refractivity contribution in [2.45, 2.75) is 20.4 Å². The van der Waals surface area contributed by atoms with Gasteiger partial charge in [-0.25, -0.2) is 4.79 Å². The SMILES string of the molecule is CCNC(=O)c1ccc(NC(=O)NCc2ccccc2OC)c(C)c1. The van der Waals surface area contributed by atoms with E-state index in [1.807, 2.05) is 38.1 Å². The highest BCUT2D eigenvalue weighted by molar-refractivity contribution is 5.96. The maximum atomic E-state index is 12.1. The molecular weight excluding hydrogens is 318 g/mol. The second-order valence-electron chi connectivity index (χ2n) is 5.51. The number of methoxy groups -OCH3 is 1. The van der Waals surface area contributed by atoms with Gasteiger partial charge >= 0.3 is 6.03 Å². The largest absolute Gasteiger partial charge is 0.496 e. The zero-order chi connectivity index (χ0) is 18.2. The summed E-state index contributed by atoms with van der Waals surface area (Å²) in [6.45, 7) is 4.64. The van der Waals surface area contributed by atoms with E-state index in [9.17, 15) is 9.59 Å². The second-order valence-corrected chi connectivity index (χ2v) is 5.51. The molecule has 2 aromatic carbocycles. The van der Waals surface area contributed by atoms with E-state index in [4.69, 9.17) is 4.74 Å². The summed E-state index contributed by atoms with van der Waals surface area (Å²) in [4.78, 5) is 23.9. The molecule has 3 amide bonds. The number of benzene rings is 2. The van der Waals surface area contributed by atoms with Crippen LogP contribution in [-0.2, 0) is 6.54 Å². The summed E-state index contributed by atoms with van der Waals surface area (Å²) in [5.74, 6) is 0.600. The smallest absolute Gasteiger partial charge is 0.319 e. The van der Waals surface area contributed by atoms with Crippen molar-refractivity contribution in [1.29, 1.82) is 0 Å². The molecule has 6 nitrogen and oxygen atoms in total. The van der Waals surface area contributed by atoms with Crippen molar-refractivity contribution in [3.8, 4) is 5.75 Å². The number of carbonyl (C=O) groups is 2. The van der Waals surface area contributed by atoms with Crippen LogP contribution in [0.25, 0.3) is 0 Å². The van der Waals surface area contributed by atoms with Gasteiger partial charge in [-0.1, -0.05) is 18.2 Å². The third kappa shape index (κ3) is 4.97. The van der Waals surface area contributed by atoms with E-state index in [0.717, 1.165) is 16.9 Å². The zero-order valence-electron chi connectivity index (χ0n) is 14.7. The summed E-state index contributed by atoms with van der Waals surface area (Å²) in [5, 5.41) is 8.34. The second kappa shape index (κ2) is 8.73. The van der Waals surface area contributed by atoms with E-state index < -0.39 is 0 Å². The predicted molar refractivity (Wildman–Crippen MR) is 98.0 cm³/mol. The Hall–Kier alpha value is -3.02. The van der Waals surface area contributed by atoms with Gasteiger partial charge in [0.25, 0.3) is 5.91 Å². The third-order valence-corrected chi connectivity index (χ3v) is 3.71. The molecule has 0 fully saturated rings. The van der Waals surface area contributed by atoms with Crippen LogP contribution in [-0.4, -0.2) is 25.6 Å². The van der Waals surface area contributed by atoms with Crippen molar-refractivity contribution in [1.82, 2.24) is 10.6 Å². The van der Waals surface area contributed by atoms with Crippen molar-refractivity contribution in [2.75, 3.05) is 19.0 Å². The summed E-state index contributed by atoms with van der Waals surface area (Å²) < 4.78 is 5.26. The number of amides is 3. The average Bonchev–Trinajstić information content (AvgIpc) is 2.62. The van der Waals surface area contributed by atoms with Crippen LogP contribution in [0.4, 0.5) is 10.5 Å². The lowest BCUT2D eigenvalue weighted by atomic mass is 10.1. The van der Waals surface area contributed by atoms with Gasteiger partial charge in [0.2, 0.25) is 0 Å². The minimum Gasteiger partial charge on any atom is -0.496 e. The molecule has 2 rings (SSSR count). The highest BCUT2D eigenvalue weighted by atomic mass is 16.5. The van der Waals surface area contributed by atoms with Crippen LogP contribution in [0.3, 0.4) is 0 Å². The van der Waals surface area contributed by atoms with Crippen LogP contribution in [0, 0.1) is 6.92 Å². The first-order valence-electron chi connectivity index (χ1n) is 8.10. The Kier molecular flexibility index (Phi) is 6.39. The van der Waals surface area contributed by atoms with Gasteiger partial charge in [-0.05, 0) is 43.7 Å². The van der Waals surface area contributed by atoms with Crippen molar-refractivity contribution in [2.24, 2.45) is 0 Å². The lowest BCUT2D eigenvalue weighted by Gasteiger charge is -2.12. The lowest BCUT2D eigenvalue weighted by Crippen LogP contribution is -2.28. The molecule has 0 atom stereocenters. The Morgan fingerprint density at radius 2 is 1.84 bits per heavy atom. The van der Waals surface area contributed by atoms with Crippen LogP contribution in [0.15, 0.2) is 42.5 Å². The summed E-state index contributed by atoms with van der Waals surface area (Å²) in [6.07, 6.45) is 0. The number of carbonyl (C=O) groups excluding carboxylic acids is 2. The van der Waals surface area contributed by atoms with Crippen molar-refractivity contribution >= 4 is 17.6 Å². The Bertz CT molecular complexity index is 759. The molecule has 6 heteroatoms. The number of aryl methyl sites for hydroxylation is 1. The number of nitrogens with one attached hydrogen (secondary N) is 3. The third-order valence-electron chi connectivity index (χ3n) is 3.71. The molecule has 0 unspecified atom stereocenters. The van der Waals surface area contributed by atoms with Crippen molar-refractivity contribution in [3.63, 3.8) is 0 Å². The Morgan fingerprint density at radius 3 is 2.52 bits per heavy atom. The lowest BCUT2D eigenvalue weighted by molar-refractivity contribution is 0.0955. The van der Waals surface area contributed by atoms with E-state index >= 15 is 0 Å². The van der Waals surface area contributed by atoms with Crippen LogP contribution in [0.5, 0.6) is 5.75 Å². The molecule has 0 radical (unpaired) electrons. The highest BCUT2D eigenvalue weighted by Gasteiger charge is 2.09. The van der Waals surface area contributed by atoms with Crippen LogP contribution in [0.2, 0.25) is 0 Å². The number of para-hydroxylation sites is 1. The van der Waals surface area contributed by atoms with Crippen molar-refractivity contribution < 1.29 is 14.3 Å². The number of hydrogen-bond donors (Lipinski definition) is 3. The molecular formula is C19H23N3O3. The molecule has 0 spiro atoms. The standard InChI is InChI=1S/C19H23N3O3/c1-4-20-18(23)14-9-10-16(13(2)11-14)22-19(24)21-12-15-7-5-6-8-17(15)25-3/h5-11H,4,12H2,1-3H3,(H,20,23)(H2,21,22,24). The van der Waals surface area contributed by atoms with Gasteiger partial charge in [0.05, 0.1) is 7.11 Å². The van der Waals surface area contributed by atoms with E-state index in [2.05, 4.69) is 16.0 Å². The minimum atomic E-state index is -0.320. The van der Waals surface area contributed by atoms with Gasteiger partial charge in [-0.15, -0.1) is 0 Å². The molecule has 0 saturated carbocycles. The van der Waals surface area contributed by atoms with Crippen LogP contribution >= 0.6 is 0 Å². The molecule has 132 valence electrons. The topological polar surface area (TPSA) is 79.5 Å². The Labute approximate surface area is 147 Å². The number of rotatable bonds is 6. The first-order chi connectivity index (χ1) is 12.0. The molecule has 0 bridgehead atoms. The number of ether oxygens (including phenoxy) is 1. The fourth-order valence-corrected chi connectivity index (χ4v) is 2.40. The van der Waals surface area contributed by atoms with Crippen LogP contribution < -0.4 is 20.7 Å². The quantitative estimate of drug-likeness (QED) is 0.755. The number of hydrogen-bond acceptors (Lipinski definition) is 3. The first kappa shape index (κ1) is 18.3. The fraction of sp³-hybridized carbons (Fsp3) is 0.263. The van der Waals surface area contributed by atoms with E-state index in [0.29, 0.717) is 24.3 Å². The highest BCUT2D eigenvalue weighted by Crippen LogP contribution is 2.18. The zero-order valence-corrected chi connectivity index (χ0v) is 14.7. The molecule has 0 aromatic heterocycles. The van der Waals surface area contributed by atoms with E-state index in [1.165, 1.54) is 0 Å². The summed E-state index contributed by atoms with van der Waals surface area (Å²) >= 11 is 0. The summed E-state index contributed by atoms with van der Waals surface area (Å²) in [5.41, 5.74) is 2.93. The molecule has 0 aliphatic heterocycles. The Balaban J connectivity index is 1.97. The predicted octanol–water partition coefficient (Wildman–Crippen LogP) is 3.08. The van der Waals surface area contributed by atoms with Gasteiger partial charge in [-0.2, -0.15) is 0 Å². The summed E-state index contributed by atoms with van der Waals surface area (Å²) in [6, 6.07) is 12.4. The Morgan fingerprint density at radius 1 is 1.08 bits per heavy atom. The molecule has 0 heterocycles. The maximum Gasteiger partial charge on any atom is 0.319 e. The molecule has 0 aliphatic rings.